The van der Waals surface area contributed by atoms with Gasteiger partial charge in [0.05, 0.1) is 0 Å². The molecule has 4 nitrogen and oxygen atoms in total. The van der Waals surface area contributed by atoms with Crippen molar-refractivity contribution in [2.24, 2.45) is 5.92 Å². The maximum atomic E-state index is 13.0. The second kappa shape index (κ2) is 5.22. The summed E-state index contributed by atoms with van der Waals surface area (Å²) in [6.07, 6.45) is 0. The number of carbonyl (C=O) groups is 1. The summed E-state index contributed by atoms with van der Waals surface area (Å²) in [7, 11) is 0. The summed E-state index contributed by atoms with van der Waals surface area (Å²) < 4.78 is 17.9. The Balaban J connectivity index is 2.39. The van der Waals surface area contributed by atoms with E-state index in [4.69, 9.17) is 4.42 Å². The second-order valence-corrected chi connectivity index (χ2v) is 4.73. The van der Waals surface area contributed by atoms with Gasteiger partial charge in [0.1, 0.15) is 17.0 Å². The van der Waals surface area contributed by atoms with Gasteiger partial charge in [-0.2, -0.15) is 0 Å². The van der Waals surface area contributed by atoms with Gasteiger partial charge >= 0.3 is 5.63 Å². The van der Waals surface area contributed by atoms with Crippen LogP contribution in [0.2, 0.25) is 0 Å². The van der Waals surface area contributed by atoms with Crippen LogP contribution in [0.5, 0.6) is 0 Å². The lowest BCUT2D eigenvalue weighted by molar-refractivity contribution is 0.0945. The molecule has 0 saturated carbocycles. The first-order valence-corrected chi connectivity index (χ1v) is 5.99. The molecule has 0 spiro atoms. The van der Waals surface area contributed by atoms with E-state index >= 15 is 0 Å². The minimum Gasteiger partial charge on any atom is -0.422 e. The molecule has 1 aromatic heterocycles. The Morgan fingerprint density at radius 3 is 2.79 bits per heavy atom. The third-order valence-corrected chi connectivity index (χ3v) is 2.61. The van der Waals surface area contributed by atoms with Crippen molar-refractivity contribution in [2.45, 2.75) is 13.8 Å². The highest BCUT2D eigenvalue weighted by molar-refractivity contribution is 5.96. The third kappa shape index (κ3) is 2.99. The largest absolute Gasteiger partial charge is 0.422 e. The number of hydrogen-bond acceptors (Lipinski definition) is 3. The lowest BCUT2D eigenvalue weighted by atomic mass is 10.1. The Kier molecular flexibility index (Phi) is 3.64. The Morgan fingerprint density at radius 1 is 1.37 bits per heavy atom. The molecule has 5 heteroatoms. The topological polar surface area (TPSA) is 59.3 Å². The molecule has 1 amide bonds. The van der Waals surface area contributed by atoms with Gasteiger partial charge in [0.2, 0.25) is 0 Å². The quantitative estimate of drug-likeness (QED) is 0.864. The standard InChI is InChI=1S/C14H14FNO3/c1-8(2)7-16-13(17)11-5-9-3-4-10(15)6-12(9)19-14(11)18/h3-6,8H,7H2,1-2H3,(H,16,17). The van der Waals surface area contributed by atoms with Gasteiger partial charge in [-0.05, 0) is 24.1 Å². The Morgan fingerprint density at radius 2 is 2.11 bits per heavy atom. The van der Waals surface area contributed by atoms with Crippen LogP contribution in [-0.4, -0.2) is 12.5 Å². The molecule has 1 aromatic carbocycles. The predicted octanol–water partition coefficient (Wildman–Crippen LogP) is 2.32. The maximum Gasteiger partial charge on any atom is 0.349 e. The molecule has 2 rings (SSSR count). The van der Waals surface area contributed by atoms with Crippen LogP contribution in [-0.2, 0) is 0 Å². The number of benzene rings is 1. The molecule has 0 fully saturated rings. The number of hydrogen-bond donors (Lipinski definition) is 1. The van der Waals surface area contributed by atoms with Crippen molar-refractivity contribution in [3.05, 3.63) is 46.1 Å². The Labute approximate surface area is 109 Å². The van der Waals surface area contributed by atoms with E-state index in [0.29, 0.717) is 11.9 Å². The molecule has 0 aliphatic rings. The van der Waals surface area contributed by atoms with Gasteiger partial charge in [-0.15, -0.1) is 0 Å². The molecule has 0 aliphatic carbocycles. The molecular weight excluding hydrogens is 249 g/mol. The fraction of sp³-hybridized carbons (Fsp3) is 0.286. The number of carbonyl (C=O) groups excluding carboxylic acids is 1. The van der Waals surface area contributed by atoms with Crippen LogP contribution in [0.25, 0.3) is 11.0 Å². The minimum atomic E-state index is -0.764. The maximum absolute atomic E-state index is 13.0. The average molecular weight is 263 g/mol. The molecule has 100 valence electrons. The number of nitrogens with one attached hydrogen (secondary N) is 1. The van der Waals surface area contributed by atoms with Gasteiger partial charge in [0.25, 0.3) is 5.91 Å². The summed E-state index contributed by atoms with van der Waals surface area (Å²) in [5, 5.41) is 3.15. The molecule has 0 unspecified atom stereocenters. The Bertz CT molecular complexity index is 676. The summed E-state index contributed by atoms with van der Waals surface area (Å²) in [6, 6.07) is 5.24. The fourth-order valence-electron chi connectivity index (χ4n) is 1.64. The fourth-order valence-corrected chi connectivity index (χ4v) is 1.64. The van der Waals surface area contributed by atoms with Crippen molar-refractivity contribution in [2.75, 3.05) is 6.54 Å². The second-order valence-electron chi connectivity index (χ2n) is 4.73. The zero-order valence-electron chi connectivity index (χ0n) is 10.7. The van der Waals surface area contributed by atoms with E-state index in [1.54, 1.807) is 0 Å². The molecule has 0 atom stereocenters. The molecule has 19 heavy (non-hydrogen) atoms. The van der Waals surface area contributed by atoms with Crippen LogP contribution in [0.3, 0.4) is 0 Å². The van der Waals surface area contributed by atoms with Gasteiger partial charge in [-0.3, -0.25) is 4.79 Å². The van der Waals surface area contributed by atoms with Crippen LogP contribution in [0.1, 0.15) is 24.2 Å². The third-order valence-electron chi connectivity index (χ3n) is 2.61. The average Bonchev–Trinajstić information content (AvgIpc) is 2.35. The van der Waals surface area contributed by atoms with E-state index < -0.39 is 17.3 Å². The molecule has 0 saturated heterocycles. The van der Waals surface area contributed by atoms with Crippen molar-refractivity contribution in [1.29, 1.82) is 0 Å². The highest BCUT2D eigenvalue weighted by Crippen LogP contribution is 2.14. The number of halogens is 1. The van der Waals surface area contributed by atoms with Crippen molar-refractivity contribution in [3.8, 4) is 0 Å². The van der Waals surface area contributed by atoms with Crippen LogP contribution in [0.4, 0.5) is 4.39 Å². The van der Waals surface area contributed by atoms with Gasteiger partial charge < -0.3 is 9.73 Å². The molecule has 0 radical (unpaired) electrons. The van der Waals surface area contributed by atoms with Crippen LogP contribution in [0.15, 0.2) is 33.5 Å². The van der Waals surface area contributed by atoms with Gasteiger partial charge in [0, 0.05) is 18.0 Å². The highest BCUT2D eigenvalue weighted by Gasteiger charge is 2.13. The van der Waals surface area contributed by atoms with E-state index in [1.807, 2.05) is 13.8 Å². The van der Waals surface area contributed by atoms with E-state index in [0.717, 1.165) is 6.07 Å². The molecular formula is C14H14FNO3. The highest BCUT2D eigenvalue weighted by atomic mass is 19.1. The summed E-state index contributed by atoms with van der Waals surface area (Å²) in [5.74, 6) is -0.688. The summed E-state index contributed by atoms with van der Waals surface area (Å²) in [5.41, 5.74) is -0.704. The normalized spacial score (nSPS) is 10.9. The SMILES string of the molecule is CC(C)CNC(=O)c1cc2ccc(F)cc2oc1=O. The molecule has 0 aliphatic heterocycles. The first-order chi connectivity index (χ1) is 8.97. The van der Waals surface area contributed by atoms with Crippen molar-refractivity contribution >= 4 is 16.9 Å². The van der Waals surface area contributed by atoms with Crippen molar-refractivity contribution in [3.63, 3.8) is 0 Å². The molecule has 2 aromatic rings. The number of amides is 1. The minimum absolute atomic E-state index is 0.0697. The van der Waals surface area contributed by atoms with Crippen LogP contribution < -0.4 is 10.9 Å². The smallest absolute Gasteiger partial charge is 0.349 e. The number of rotatable bonds is 3. The Hall–Kier alpha value is -2.17. The summed E-state index contributed by atoms with van der Waals surface area (Å²) in [6.45, 7) is 4.37. The van der Waals surface area contributed by atoms with Crippen molar-refractivity contribution < 1.29 is 13.6 Å². The van der Waals surface area contributed by atoms with Gasteiger partial charge in [-0.1, -0.05) is 13.8 Å². The van der Waals surface area contributed by atoms with E-state index in [-0.39, 0.29) is 17.1 Å². The lowest BCUT2D eigenvalue weighted by Gasteiger charge is -2.07. The predicted molar refractivity (Wildman–Crippen MR) is 69.6 cm³/mol. The van der Waals surface area contributed by atoms with E-state index in [9.17, 15) is 14.0 Å². The van der Waals surface area contributed by atoms with Crippen molar-refractivity contribution in [1.82, 2.24) is 5.32 Å². The first kappa shape index (κ1) is 13.3. The van der Waals surface area contributed by atoms with Gasteiger partial charge in [-0.25, -0.2) is 9.18 Å². The zero-order chi connectivity index (χ0) is 14.0. The molecule has 1 heterocycles. The lowest BCUT2D eigenvalue weighted by Crippen LogP contribution is -2.31. The summed E-state index contributed by atoms with van der Waals surface area (Å²) in [4.78, 5) is 23.5. The van der Waals surface area contributed by atoms with E-state index in [2.05, 4.69) is 5.32 Å². The van der Waals surface area contributed by atoms with Crippen LogP contribution in [0, 0.1) is 11.7 Å². The van der Waals surface area contributed by atoms with Gasteiger partial charge in [0.15, 0.2) is 0 Å². The first-order valence-electron chi connectivity index (χ1n) is 5.99. The molecule has 0 bridgehead atoms. The number of fused-ring (bicyclic) bond motifs is 1. The summed E-state index contributed by atoms with van der Waals surface area (Å²) >= 11 is 0. The molecule has 1 N–H and O–H groups in total. The van der Waals surface area contributed by atoms with Crippen LogP contribution >= 0.6 is 0 Å². The zero-order valence-corrected chi connectivity index (χ0v) is 10.7. The monoisotopic (exact) mass is 263 g/mol. The van der Waals surface area contributed by atoms with E-state index in [1.165, 1.54) is 18.2 Å².